The summed E-state index contributed by atoms with van der Waals surface area (Å²) in [6.45, 7) is 6.33. The van der Waals surface area contributed by atoms with E-state index in [1.54, 1.807) is 0 Å². The van der Waals surface area contributed by atoms with Crippen molar-refractivity contribution < 1.29 is 28.6 Å². The highest BCUT2D eigenvalue weighted by atomic mass is 16.6. The van der Waals surface area contributed by atoms with Crippen LogP contribution in [0.4, 0.5) is 0 Å². The third-order valence-electron chi connectivity index (χ3n) is 13.4. The maximum Gasteiger partial charge on any atom is 0.306 e. The first-order chi connectivity index (χ1) is 41.0. The normalized spacial score (nSPS) is 13.3. The molecular formula is C77H120O6. The molecule has 0 aromatic rings. The second-order valence-corrected chi connectivity index (χ2v) is 21.3. The zero-order valence-corrected chi connectivity index (χ0v) is 53.1. The van der Waals surface area contributed by atoms with E-state index in [0.717, 1.165) is 186 Å². The van der Waals surface area contributed by atoms with Gasteiger partial charge in [-0.1, -0.05) is 287 Å². The van der Waals surface area contributed by atoms with Gasteiger partial charge >= 0.3 is 17.9 Å². The molecule has 0 saturated carbocycles. The van der Waals surface area contributed by atoms with Crippen molar-refractivity contribution in [1.82, 2.24) is 0 Å². The highest BCUT2D eigenvalue weighted by molar-refractivity contribution is 5.71. The van der Waals surface area contributed by atoms with Gasteiger partial charge in [0.15, 0.2) is 6.10 Å². The van der Waals surface area contributed by atoms with Crippen molar-refractivity contribution in [3.63, 3.8) is 0 Å². The molecule has 0 aromatic heterocycles. The summed E-state index contributed by atoms with van der Waals surface area (Å²) in [7, 11) is 0. The average molecular weight is 1140 g/mol. The second kappa shape index (κ2) is 69.0. The summed E-state index contributed by atoms with van der Waals surface area (Å²) in [4.78, 5) is 38.1. The van der Waals surface area contributed by atoms with E-state index in [1.807, 2.05) is 0 Å². The summed E-state index contributed by atoms with van der Waals surface area (Å²) in [6.07, 6.45) is 104. The molecule has 6 heteroatoms. The lowest BCUT2D eigenvalue weighted by Crippen LogP contribution is -2.30. The zero-order chi connectivity index (χ0) is 59.9. The van der Waals surface area contributed by atoms with Crippen molar-refractivity contribution in [1.29, 1.82) is 0 Å². The van der Waals surface area contributed by atoms with E-state index < -0.39 is 6.10 Å². The molecule has 0 heterocycles. The Labute approximate surface area is 510 Å². The van der Waals surface area contributed by atoms with Gasteiger partial charge < -0.3 is 14.2 Å². The lowest BCUT2D eigenvalue weighted by atomic mass is 10.1. The van der Waals surface area contributed by atoms with Crippen molar-refractivity contribution in [3.8, 4) is 0 Å². The smallest absolute Gasteiger partial charge is 0.306 e. The van der Waals surface area contributed by atoms with Crippen LogP contribution in [0, 0.1) is 0 Å². The number of hydrogen-bond donors (Lipinski definition) is 0. The van der Waals surface area contributed by atoms with Gasteiger partial charge in [0.2, 0.25) is 0 Å². The average Bonchev–Trinajstić information content (AvgIpc) is 3.50. The summed E-state index contributed by atoms with van der Waals surface area (Å²) < 4.78 is 16.8. The van der Waals surface area contributed by atoms with Gasteiger partial charge in [0.1, 0.15) is 13.2 Å². The van der Waals surface area contributed by atoms with Gasteiger partial charge in [-0.25, -0.2) is 0 Å². The summed E-state index contributed by atoms with van der Waals surface area (Å²) in [5.41, 5.74) is 0. The molecule has 0 fully saturated rings. The fourth-order valence-corrected chi connectivity index (χ4v) is 8.50. The molecule has 0 amide bonds. The van der Waals surface area contributed by atoms with Crippen molar-refractivity contribution in [2.75, 3.05) is 13.2 Å². The van der Waals surface area contributed by atoms with Crippen LogP contribution in [0.5, 0.6) is 0 Å². The minimum absolute atomic E-state index is 0.0977. The number of carbonyl (C=O) groups is 3. The van der Waals surface area contributed by atoms with Crippen LogP contribution in [0.3, 0.4) is 0 Å². The maximum atomic E-state index is 12.9. The van der Waals surface area contributed by atoms with Crippen LogP contribution in [-0.4, -0.2) is 37.2 Å². The molecule has 0 aromatic carbocycles. The number of allylic oxidation sites excluding steroid dienone is 30. The van der Waals surface area contributed by atoms with E-state index in [2.05, 4.69) is 203 Å². The zero-order valence-electron chi connectivity index (χ0n) is 53.1. The summed E-state index contributed by atoms with van der Waals surface area (Å²) >= 11 is 0. The first-order valence-electron chi connectivity index (χ1n) is 33.3. The Bertz CT molecular complexity index is 1940. The fraction of sp³-hybridized carbons (Fsp3) is 0.571. The van der Waals surface area contributed by atoms with E-state index in [1.165, 1.54) is 38.5 Å². The largest absolute Gasteiger partial charge is 0.462 e. The van der Waals surface area contributed by atoms with Crippen molar-refractivity contribution in [2.45, 2.75) is 271 Å². The summed E-state index contributed by atoms with van der Waals surface area (Å²) in [5, 5.41) is 0. The fourth-order valence-electron chi connectivity index (χ4n) is 8.50. The van der Waals surface area contributed by atoms with Crippen LogP contribution in [0.15, 0.2) is 182 Å². The lowest BCUT2D eigenvalue weighted by molar-refractivity contribution is -0.167. The van der Waals surface area contributed by atoms with Gasteiger partial charge in [-0.2, -0.15) is 0 Å². The Morgan fingerprint density at radius 2 is 0.470 bits per heavy atom. The monoisotopic (exact) mass is 1140 g/mol. The molecule has 0 spiro atoms. The van der Waals surface area contributed by atoms with Crippen LogP contribution < -0.4 is 0 Å². The second-order valence-electron chi connectivity index (χ2n) is 21.3. The third-order valence-corrected chi connectivity index (χ3v) is 13.4. The molecule has 0 radical (unpaired) electrons. The molecule has 1 unspecified atom stereocenters. The minimum atomic E-state index is -0.802. The van der Waals surface area contributed by atoms with Gasteiger partial charge in [0, 0.05) is 19.3 Å². The predicted molar refractivity (Wildman–Crippen MR) is 361 cm³/mol. The summed E-state index contributed by atoms with van der Waals surface area (Å²) in [6, 6.07) is 0. The standard InChI is InChI=1S/C77H120O6/c1-4-7-10-13-16-18-20-22-24-26-28-30-32-34-35-36-37-38-39-40-41-43-44-46-48-50-52-54-56-58-61-64-67-70-76(79)82-73-74(72-81-75(78)69-66-63-60-15-12-9-6-3)83-77(80)71-68-65-62-59-57-55-53-51-49-47-45-42-33-31-29-27-25-23-21-19-17-14-11-8-5-2/h7-8,10-11,16-19,22-25,28-31,34-35,37-38,40-42,44-46,49-52,74H,4-6,9,12-15,20-21,26-27,32-33,36,39,43,47-48,53-73H2,1-3H3/b10-7-,11-8-,18-16-,19-17-,24-22-,25-23-,30-28-,31-29-,35-34-,38-37-,41-40-,45-42-,46-44-,51-49-,52-50-. The molecule has 0 aliphatic carbocycles. The Morgan fingerprint density at radius 1 is 0.253 bits per heavy atom. The molecule has 0 bridgehead atoms. The number of rotatable bonds is 58. The van der Waals surface area contributed by atoms with E-state index >= 15 is 0 Å². The molecule has 0 N–H and O–H groups in total. The topological polar surface area (TPSA) is 78.9 Å². The first-order valence-corrected chi connectivity index (χ1v) is 33.3. The molecule has 1 atom stereocenters. The molecule has 0 aliphatic rings. The molecule has 0 aliphatic heterocycles. The quantitative estimate of drug-likeness (QED) is 0.0261. The predicted octanol–water partition coefficient (Wildman–Crippen LogP) is 23.2. The maximum absolute atomic E-state index is 12.9. The van der Waals surface area contributed by atoms with Crippen molar-refractivity contribution >= 4 is 17.9 Å². The van der Waals surface area contributed by atoms with Crippen LogP contribution in [0.25, 0.3) is 0 Å². The Balaban J connectivity index is 4.26. The lowest BCUT2D eigenvalue weighted by Gasteiger charge is -2.18. The van der Waals surface area contributed by atoms with Crippen LogP contribution in [0.1, 0.15) is 265 Å². The highest BCUT2D eigenvalue weighted by Crippen LogP contribution is 2.14. The van der Waals surface area contributed by atoms with E-state index in [9.17, 15) is 14.4 Å². The molecule has 464 valence electrons. The molecule has 0 rings (SSSR count). The number of carbonyl (C=O) groups excluding carboxylic acids is 3. The molecule has 6 nitrogen and oxygen atoms in total. The van der Waals surface area contributed by atoms with Gasteiger partial charge in [0.25, 0.3) is 0 Å². The number of esters is 3. The Morgan fingerprint density at radius 3 is 0.735 bits per heavy atom. The van der Waals surface area contributed by atoms with Crippen LogP contribution >= 0.6 is 0 Å². The van der Waals surface area contributed by atoms with Gasteiger partial charge in [-0.15, -0.1) is 0 Å². The Kier molecular flexibility index (Phi) is 64.4. The van der Waals surface area contributed by atoms with Crippen molar-refractivity contribution in [3.05, 3.63) is 182 Å². The van der Waals surface area contributed by atoms with Crippen molar-refractivity contribution in [2.24, 2.45) is 0 Å². The number of ether oxygens (including phenoxy) is 3. The summed E-state index contributed by atoms with van der Waals surface area (Å²) in [5.74, 6) is -0.946. The van der Waals surface area contributed by atoms with Crippen LogP contribution in [-0.2, 0) is 28.6 Å². The van der Waals surface area contributed by atoms with Crippen LogP contribution in [0.2, 0.25) is 0 Å². The minimum Gasteiger partial charge on any atom is -0.462 e. The SMILES string of the molecule is CC/C=C\C/C=C\C/C=C\C/C=C\C/C=C\C/C=C\C/C=C\C/C=C\C/C=C\CCCCCCCC(=O)OCC(COC(=O)CCCCCCCCC)OC(=O)CCCCCCCC/C=C\C/C=C\C/C=C\C/C=C\C/C=C\C/C=C\CC. The molecule has 83 heavy (non-hydrogen) atoms. The van der Waals surface area contributed by atoms with Gasteiger partial charge in [-0.3, -0.25) is 14.4 Å². The Hall–Kier alpha value is -5.49. The molecular weight excluding hydrogens is 1020 g/mol. The van der Waals surface area contributed by atoms with E-state index in [-0.39, 0.29) is 31.1 Å². The van der Waals surface area contributed by atoms with Gasteiger partial charge in [-0.05, 0) is 141 Å². The third kappa shape index (κ3) is 67.2. The molecule has 0 saturated heterocycles. The first kappa shape index (κ1) is 77.5. The van der Waals surface area contributed by atoms with Gasteiger partial charge in [0.05, 0.1) is 0 Å². The number of unbranched alkanes of at least 4 members (excludes halogenated alkanes) is 17. The van der Waals surface area contributed by atoms with E-state index in [4.69, 9.17) is 14.2 Å². The number of hydrogen-bond acceptors (Lipinski definition) is 6. The highest BCUT2D eigenvalue weighted by Gasteiger charge is 2.19. The van der Waals surface area contributed by atoms with E-state index in [0.29, 0.717) is 19.3 Å².